The van der Waals surface area contributed by atoms with E-state index in [-0.39, 0.29) is 6.10 Å². The Hall–Kier alpha value is -1.69. The number of ether oxygens (including phenoxy) is 1. The first-order chi connectivity index (χ1) is 11.6. The summed E-state index contributed by atoms with van der Waals surface area (Å²) in [6, 6.07) is 9.99. The molecule has 24 heavy (non-hydrogen) atoms. The van der Waals surface area contributed by atoms with Gasteiger partial charge in [0.2, 0.25) is 0 Å². The van der Waals surface area contributed by atoms with E-state index in [1.165, 1.54) is 12.0 Å². The van der Waals surface area contributed by atoms with Crippen molar-refractivity contribution >= 4 is 0 Å². The molecule has 0 bridgehead atoms. The smallest absolute Gasteiger partial charge is 0.115 e. The number of likely N-dealkylation sites (tertiary alicyclic amines) is 1. The lowest BCUT2D eigenvalue weighted by Gasteiger charge is -2.49. The molecule has 5 nitrogen and oxygen atoms in total. The second kappa shape index (κ2) is 6.31. The van der Waals surface area contributed by atoms with Gasteiger partial charge in [-0.2, -0.15) is 5.10 Å². The highest BCUT2D eigenvalue weighted by Crippen LogP contribution is 2.38. The maximum absolute atomic E-state index is 10.8. The van der Waals surface area contributed by atoms with Crippen molar-refractivity contribution in [2.75, 3.05) is 26.2 Å². The van der Waals surface area contributed by atoms with Crippen LogP contribution in [0.2, 0.25) is 0 Å². The van der Waals surface area contributed by atoms with Crippen LogP contribution in [-0.2, 0) is 17.4 Å². The van der Waals surface area contributed by atoms with Gasteiger partial charge >= 0.3 is 0 Å². The number of nitrogens with zero attached hydrogens (tertiary/aromatic N) is 3. The quantitative estimate of drug-likeness (QED) is 0.934. The van der Waals surface area contributed by atoms with Crippen molar-refractivity contribution in [3.8, 4) is 0 Å². The Balaban J connectivity index is 1.40. The highest BCUT2D eigenvalue weighted by molar-refractivity contribution is 5.26. The summed E-state index contributed by atoms with van der Waals surface area (Å²) in [5.74, 6) is 0.461. The summed E-state index contributed by atoms with van der Waals surface area (Å²) in [4.78, 5) is 2.34. The van der Waals surface area contributed by atoms with Gasteiger partial charge in [0, 0.05) is 51.0 Å². The minimum atomic E-state index is -0.694. The summed E-state index contributed by atoms with van der Waals surface area (Å²) in [6.45, 7) is 3.19. The van der Waals surface area contributed by atoms with Gasteiger partial charge in [0.25, 0.3) is 0 Å². The predicted octanol–water partition coefficient (Wildman–Crippen LogP) is 2.09. The van der Waals surface area contributed by atoms with E-state index in [1.54, 1.807) is 0 Å². The van der Waals surface area contributed by atoms with E-state index in [9.17, 15) is 5.11 Å². The molecular formula is C19H25N3O2. The van der Waals surface area contributed by atoms with E-state index in [0.717, 1.165) is 25.1 Å². The van der Waals surface area contributed by atoms with Crippen LogP contribution < -0.4 is 0 Å². The van der Waals surface area contributed by atoms with Crippen LogP contribution in [0, 0.1) is 5.92 Å². The van der Waals surface area contributed by atoms with Gasteiger partial charge in [-0.05, 0) is 18.4 Å². The SMILES string of the molecule is Cn1cc([C@@H]2OCCC[C@H]2CN2CC(O)(c3ccccc3)C2)cn1. The molecule has 2 aliphatic rings. The Bertz CT molecular complexity index is 679. The van der Waals surface area contributed by atoms with Crippen LogP contribution in [0.25, 0.3) is 0 Å². The molecular weight excluding hydrogens is 302 g/mol. The molecule has 0 unspecified atom stereocenters. The third-order valence-electron chi connectivity index (χ3n) is 5.27. The fourth-order valence-corrected chi connectivity index (χ4v) is 4.07. The minimum absolute atomic E-state index is 0.123. The summed E-state index contributed by atoms with van der Waals surface area (Å²) in [7, 11) is 1.94. The molecule has 3 heterocycles. The van der Waals surface area contributed by atoms with Gasteiger partial charge in [0.15, 0.2) is 0 Å². The van der Waals surface area contributed by atoms with Crippen LogP contribution in [0.3, 0.4) is 0 Å². The Labute approximate surface area is 142 Å². The highest BCUT2D eigenvalue weighted by atomic mass is 16.5. The van der Waals surface area contributed by atoms with Crippen molar-refractivity contribution in [2.24, 2.45) is 13.0 Å². The first kappa shape index (κ1) is 15.8. The monoisotopic (exact) mass is 327 g/mol. The normalized spacial score (nSPS) is 26.9. The Kier molecular flexibility index (Phi) is 4.16. The lowest BCUT2D eigenvalue weighted by molar-refractivity contribution is -0.124. The molecule has 2 aromatic rings. The van der Waals surface area contributed by atoms with Crippen LogP contribution in [0.1, 0.15) is 30.1 Å². The zero-order chi connectivity index (χ0) is 16.6. The van der Waals surface area contributed by atoms with Crippen molar-refractivity contribution in [2.45, 2.75) is 24.5 Å². The molecule has 2 saturated heterocycles. The van der Waals surface area contributed by atoms with E-state index >= 15 is 0 Å². The van der Waals surface area contributed by atoms with Crippen molar-refractivity contribution in [1.29, 1.82) is 0 Å². The molecule has 0 spiro atoms. The van der Waals surface area contributed by atoms with Crippen molar-refractivity contribution in [1.82, 2.24) is 14.7 Å². The third-order valence-corrected chi connectivity index (χ3v) is 5.27. The van der Waals surface area contributed by atoms with Crippen LogP contribution in [0.15, 0.2) is 42.7 Å². The average molecular weight is 327 g/mol. The predicted molar refractivity (Wildman–Crippen MR) is 91.4 cm³/mol. The molecule has 1 aromatic heterocycles. The summed E-state index contributed by atoms with van der Waals surface area (Å²) in [5.41, 5.74) is 1.49. The molecule has 0 saturated carbocycles. The van der Waals surface area contributed by atoms with Gasteiger partial charge in [-0.15, -0.1) is 0 Å². The van der Waals surface area contributed by atoms with Crippen molar-refractivity contribution in [3.05, 3.63) is 53.9 Å². The zero-order valence-electron chi connectivity index (χ0n) is 14.1. The largest absolute Gasteiger partial charge is 0.382 e. The van der Waals surface area contributed by atoms with Crippen LogP contribution in [-0.4, -0.2) is 46.0 Å². The molecule has 0 amide bonds. The lowest BCUT2D eigenvalue weighted by Crippen LogP contribution is -2.60. The number of benzene rings is 1. The van der Waals surface area contributed by atoms with Crippen LogP contribution in [0.5, 0.6) is 0 Å². The Morgan fingerprint density at radius 1 is 1.29 bits per heavy atom. The Morgan fingerprint density at radius 3 is 2.79 bits per heavy atom. The van der Waals surface area contributed by atoms with E-state index in [4.69, 9.17) is 4.74 Å². The fourth-order valence-electron chi connectivity index (χ4n) is 4.07. The molecule has 0 radical (unpaired) electrons. The molecule has 2 fully saturated rings. The molecule has 1 aromatic carbocycles. The van der Waals surface area contributed by atoms with Crippen LogP contribution in [0.4, 0.5) is 0 Å². The standard InChI is InChI=1S/C19H25N3O2/c1-21-11-16(10-20-21)18-15(6-5-9-24-18)12-22-13-19(23,14-22)17-7-3-2-4-8-17/h2-4,7-8,10-11,15,18,23H,5-6,9,12-14H2,1H3/t15-,18+/m0/s1. The van der Waals surface area contributed by atoms with Crippen molar-refractivity contribution < 1.29 is 9.84 Å². The van der Waals surface area contributed by atoms with Gasteiger partial charge in [0.05, 0.1) is 12.3 Å². The van der Waals surface area contributed by atoms with E-state index < -0.39 is 5.60 Å². The number of hydrogen-bond donors (Lipinski definition) is 1. The van der Waals surface area contributed by atoms with Gasteiger partial charge in [-0.25, -0.2) is 0 Å². The van der Waals surface area contributed by atoms with Crippen LogP contribution >= 0.6 is 0 Å². The Morgan fingerprint density at radius 2 is 2.08 bits per heavy atom. The third kappa shape index (κ3) is 2.99. The summed E-state index contributed by atoms with van der Waals surface area (Å²) >= 11 is 0. The topological polar surface area (TPSA) is 50.5 Å². The number of aliphatic hydroxyl groups is 1. The molecule has 1 N–H and O–H groups in total. The highest BCUT2D eigenvalue weighted by Gasteiger charge is 2.44. The maximum atomic E-state index is 10.8. The number of hydrogen-bond acceptors (Lipinski definition) is 4. The zero-order valence-corrected chi connectivity index (χ0v) is 14.1. The number of aryl methyl sites for hydroxylation is 1. The molecule has 4 rings (SSSR count). The molecule has 2 atom stereocenters. The molecule has 0 aliphatic carbocycles. The number of rotatable bonds is 4. The first-order valence-corrected chi connectivity index (χ1v) is 8.74. The van der Waals surface area contributed by atoms with Gasteiger partial charge < -0.3 is 9.84 Å². The molecule has 2 aliphatic heterocycles. The lowest BCUT2D eigenvalue weighted by atomic mass is 9.83. The average Bonchev–Trinajstić information content (AvgIpc) is 3.01. The number of aromatic nitrogens is 2. The molecule has 128 valence electrons. The second-order valence-electron chi connectivity index (χ2n) is 7.21. The fraction of sp³-hybridized carbons (Fsp3) is 0.526. The van der Waals surface area contributed by atoms with E-state index in [1.807, 2.05) is 48.3 Å². The minimum Gasteiger partial charge on any atom is -0.382 e. The van der Waals surface area contributed by atoms with Gasteiger partial charge in [0.1, 0.15) is 5.60 Å². The van der Waals surface area contributed by atoms with Gasteiger partial charge in [-0.1, -0.05) is 30.3 Å². The second-order valence-corrected chi connectivity index (χ2v) is 7.21. The maximum Gasteiger partial charge on any atom is 0.115 e. The van der Waals surface area contributed by atoms with E-state index in [2.05, 4.69) is 16.2 Å². The van der Waals surface area contributed by atoms with Gasteiger partial charge in [-0.3, -0.25) is 9.58 Å². The summed E-state index contributed by atoms with van der Waals surface area (Å²) in [5, 5.41) is 15.1. The first-order valence-electron chi connectivity index (χ1n) is 8.74. The van der Waals surface area contributed by atoms with E-state index in [0.29, 0.717) is 19.0 Å². The number of β-amino-alcohol motifs (C(OH)–C–C–N with tert-alkyl or cyclic N) is 1. The summed E-state index contributed by atoms with van der Waals surface area (Å²) in [6.07, 6.45) is 6.37. The molecule has 5 heteroatoms. The van der Waals surface area contributed by atoms with Crippen molar-refractivity contribution in [3.63, 3.8) is 0 Å². The summed E-state index contributed by atoms with van der Waals surface area (Å²) < 4.78 is 7.89.